The van der Waals surface area contributed by atoms with Crippen LogP contribution in [0.5, 0.6) is 0 Å². The number of anilines is 3. The van der Waals surface area contributed by atoms with Crippen molar-refractivity contribution in [2.45, 2.75) is 26.3 Å². The number of fused-ring (bicyclic) bond motifs is 1. The number of halogens is 2. The van der Waals surface area contributed by atoms with Crippen LogP contribution in [-0.2, 0) is 4.79 Å². The molecule has 0 atom stereocenters. The average molecular weight is 519 g/mol. The lowest BCUT2D eigenvalue weighted by atomic mass is 10.0. The van der Waals surface area contributed by atoms with Crippen LogP contribution in [0.2, 0.25) is 5.02 Å². The SMILES string of the molecule is CC#CC(=O)Nc1cc2c(Nc3ccc(F)c(Cl)c3)ncnc2cc1C#CC(C)(C)N1CCN(C)CC1. The number of carbonyl (C=O) groups is 1. The maximum atomic E-state index is 13.6. The van der Waals surface area contributed by atoms with Gasteiger partial charge in [-0.25, -0.2) is 14.4 Å². The third-order valence-corrected chi connectivity index (χ3v) is 6.53. The van der Waals surface area contributed by atoms with E-state index in [0.29, 0.717) is 33.7 Å². The summed E-state index contributed by atoms with van der Waals surface area (Å²) in [5.74, 6) is 11.3. The summed E-state index contributed by atoms with van der Waals surface area (Å²) < 4.78 is 13.6. The first-order chi connectivity index (χ1) is 17.7. The quantitative estimate of drug-likeness (QED) is 0.495. The first-order valence-corrected chi connectivity index (χ1v) is 12.3. The normalized spacial score (nSPS) is 14.3. The van der Waals surface area contributed by atoms with E-state index in [1.807, 2.05) is 6.07 Å². The van der Waals surface area contributed by atoms with Gasteiger partial charge in [0.1, 0.15) is 18.0 Å². The van der Waals surface area contributed by atoms with Crippen LogP contribution in [0.1, 0.15) is 26.3 Å². The standard InChI is InChI=1S/C28H28ClFN6O/c1-5-6-26(37)34-24-17-21-25(31-18-32-27(21)33-20-7-8-23(30)22(29)16-20)15-19(24)9-10-28(2,3)36-13-11-35(4)12-14-36/h7-8,15-18H,11-14H2,1-4H3,(H,34,37)(H,31,32,33). The van der Waals surface area contributed by atoms with E-state index in [-0.39, 0.29) is 10.6 Å². The van der Waals surface area contributed by atoms with Crippen LogP contribution in [-0.4, -0.2) is 64.4 Å². The molecule has 4 rings (SSSR count). The van der Waals surface area contributed by atoms with Crippen molar-refractivity contribution < 1.29 is 9.18 Å². The van der Waals surface area contributed by atoms with Crippen LogP contribution in [0.25, 0.3) is 10.9 Å². The van der Waals surface area contributed by atoms with Gasteiger partial charge in [0.05, 0.1) is 27.3 Å². The Balaban J connectivity index is 1.74. The number of likely N-dealkylation sites (N-methyl/N-ethyl adjacent to an activating group) is 1. The van der Waals surface area contributed by atoms with Crippen LogP contribution < -0.4 is 10.6 Å². The van der Waals surface area contributed by atoms with Gasteiger partial charge in [-0.1, -0.05) is 29.4 Å². The molecule has 0 unspecified atom stereocenters. The van der Waals surface area contributed by atoms with Crippen molar-refractivity contribution >= 4 is 45.6 Å². The summed E-state index contributed by atoms with van der Waals surface area (Å²) in [4.78, 5) is 25.8. The molecule has 0 saturated carbocycles. The van der Waals surface area contributed by atoms with Crippen molar-refractivity contribution in [2.75, 3.05) is 43.9 Å². The summed E-state index contributed by atoms with van der Waals surface area (Å²) in [7, 11) is 2.12. The van der Waals surface area contributed by atoms with Gasteiger partial charge in [0.15, 0.2) is 0 Å². The maximum Gasteiger partial charge on any atom is 0.300 e. The topological polar surface area (TPSA) is 73.4 Å². The largest absolute Gasteiger partial charge is 0.340 e. The van der Waals surface area contributed by atoms with E-state index in [2.05, 4.69) is 75.0 Å². The van der Waals surface area contributed by atoms with Crippen molar-refractivity contribution in [3.05, 3.63) is 53.1 Å². The highest BCUT2D eigenvalue weighted by molar-refractivity contribution is 6.31. The molecule has 1 aliphatic heterocycles. The molecule has 0 bridgehead atoms. The molecule has 1 aliphatic rings. The number of rotatable bonds is 4. The molecule has 3 aromatic rings. The Labute approximate surface area is 221 Å². The molecule has 7 nitrogen and oxygen atoms in total. The fraction of sp³-hybridized carbons (Fsp3) is 0.321. The number of hydrogen-bond donors (Lipinski definition) is 2. The molecule has 190 valence electrons. The summed E-state index contributed by atoms with van der Waals surface area (Å²) >= 11 is 5.94. The predicted molar refractivity (Wildman–Crippen MR) is 146 cm³/mol. The van der Waals surface area contributed by atoms with Crippen LogP contribution in [0.15, 0.2) is 36.7 Å². The third-order valence-electron chi connectivity index (χ3n) is 6.24. The summed E-state index contributed by atoms with van der Waals surface area (Å²) in [5, 5.41) is 6.64. The van der Waals surface area contributed by atoms with E-state index in [1.165, 1.54) is 18.5 Å². The highest BCUT2D eigenvalue weighted by Crippen LogP contribution is 2.30. The molecular weight excluding hydrogens is 491 g/mol. The minimum absolute atomic E-state index is 0.00465. The van der Waals surface area contributed by atoms with Gasteiger partial charge in [-0.15, -0.1) is 0 Å². The Hall–Kier alpha value is -3.69. The lowest BCUT2D eigenvalue weighted by Gasteiger charge is -2.40. The lowest BCUT2D eigenvalue weighted by Crippen LogP contribution is -2.53. The molecule has 1 aromatic heterocycles. The van der Waals surface area contributed by atoms with E-state index in [0.717, 1.165) is 26.2 Å². The van der Waals surface area contributed by atoms with Gasteiger partial charge in [0.2, 0.25) is 0 Å². The van der Waals surface area contributed by atoms with Gasteiger partial charge in [-0.2, -0.15) is 0 Å². The van der Waals surface area contributed by atoms with E-state index in [4.69, 9.17) is 11.6 Å². The Morgan fingerprint density at radius 2 is 1.89 bits per heavy atom. The first-order valence-electron chi connectivity index (χ1n) is 11.9. The monoisotopic (exact) mass is 518 g/mol. The van der Waals surface area contributed by atoms with Gasteiger partial charge in [0.25, 0.3) is 5.91 Å². The van der Waals surface area contributed by atoms with Crippen molar-refractivity contribution in [3.8, 4) is 23.7 Å². The van der Waals surface area contributed by atoms with Crippen molar-refractivity contribution in [2.24, 2.45) is 0 Å². The molecule has 0 spiro atoms. The fourth-order valence-corrected chi connectivity index (χ4v) is 4.23. The zero-order valence-electron chi connectivity index (χ0n) is 21.2. The van der Waals surface area contributed by atoms with Crippen LogP contribution >= 0.6 is 11.6 Å². The van der Waals surface area contributed by atoms with Gasteiger partial charge in [-0.3, -0.25) is 9.69 Å². The number of piperazine rings is 1. The number of aromatic nitrogens is 2. The number of nitrogens with one attached hydrogen (secondary N) is 2. The maximum absolute atomic E-state index is 13.6. The van der Waals surface area contributed by atoms with Crippen LogP contribution in [0.4, 0.5) is 21.6 Å². The molecule has 1 saturated heterocycles. The van der Waals surface area contributed by atoms with Gasteiger partial charge in [0, 0.05) is 37.3 Å². The molecule has 2 N–H and O–H groups in total. The Bertz CT molecular complexity index is 1460. The summed E-state index contributed by atoms with van der Waals surface area (Å²) in [6, 6.07) is 7.91. The average Bonchev–Trinajstić information content (AvgIpc) is 2.86. The van der Waals surface area contributed by atoms with Gasteiger partial charge >= 0.3 is 0 Å². The Morgan fingerprint density at radius 3 is 2.59 bits per heavy atom. The van der Waals surface area contributed by atoms with E-state index < -0.39 is 11.7 Å². The smallest absolute Gasteiger partial charge is 0.300 e. The predicted octanol–water partition coefficient (Wildman–Crippen LogP) is 4.51. The summed E-state index contributed by atoms with van der Waals surface area (Å²) in [5.41, 5.74) is 1.95. The first kappa shape index (κ1) is 26.4. The number of benzene rings is 2. The second-order valence-corrected chi connectivity index (χ2v) is 9.73. The number of hydrogen-bond acceptors (Lipinski definition) is 6. The van der Waals surface area contributed by atoms with Crippen LogP contribution in [0, 0.1) is 29.5 Å². The minimum atomic E-state index is -0.510. The molecule has 1 amide bonds. The number of amides is 1. The number of nitrogens with zero attached hydrogens (tertiary/aromatic N) is 4. The molecule has 2 heterocycles. The minimum Gasteiger partial charge on any atom is -0.340 e. The summed E-state index contributed by atoms with van der Waals surface area (Å²) in [6.07, 6.45) is 1.43. The molecule has 1 fully saturated rings. The van der Waals surface area contributed by atoms with Crippen molar-refractivity contribution in [3.63, 3.8) is 0 Å². The third kappa shape index (κ3) is 6.36. The molecule has 0 aliphatic carbocycles. The molecule has 9 heteroatoms. The zero-order chi connectivity index (χ0) is 26.6. The number of carbonyl (C=O) groups excluding carboxylic acids is 1. The molecule has 0 radical (unpaired) electrons. The molecule has 37 heavy (non-hydrogen) atoms. The van der Waals surface area contributed by atoms with Gasteiger partial charge in [-0.05, 0) is 64.1 Å². The highest BCUT2D eigenvalue weighted by atomic mass is 35.5. The Kier molecular flexibility index (Phi) is 7.94. The van der Waals surface area contributed by atoms with Crippen molar-refractivity contribution in [1.82, 2.24) is 19.8 Å². The molecule has 2 aromatic carbocycles. The molecular formula is C28H28ClFN6O. The second-order valence-electron chi connectivity index (χ2n) is 9.32. The highest BCUT2D eigenvalue weighted by Gasteiger charge is 2.27. The van der Waals surface area contributed by atoms with Crippen molar-refractivity contribution in [1.29, 1.82) is 0 Å². The lowest BCUT2D eigenvalue weighted by molar-refractivity contribution is -0.111. The summed E-state index contributed by atoms with van der Waals surface area (Å²) in [6.45, 7) is 9.65. The fourth-order valence-electron chi connectivity index (χ4n) is 4.05. The van der Waals surface area contributed by atoms with E-state index >= 15 is 0 Å². The van der Waals surface area contributed by atoms with E-state index in [9.17, 15) is 9.18 Å². The van der Waals surface area contributed by atoms with Gasteiger partial charge < -0.3 is 15.5 Å². The zero-order valence-corrected chi connectivity index (χ0v) is 22.0. The second kappa shape index (κ2) is 11.1. The van der Waals surface area contributed by atoms with E-state index in [1.54, 1.807) is 19.1 Å². The Morgan fingerprint density at radius 1 is 1.14 bits per heavy atom. The van der Waals surface area contributed by atoms with Crippen LogP contribution in [0.3, 0.4) is 0 Å².